The third kappa shape index (κ3) is 5.88. The van der Waals surface area contributed by atoms with Crippen LogP contribution in [0.5, 0.6) is 11.5 Å². The Bertz CT molecular complexity index is 938. The first kappa shape index (κ1) is 19.0. The van der Waals surface area contributed by atoms with Gasteiger partial charge in [0, 0.05) is 12.6 Å². The molecule has 0 unspecified atom stereocenters. The Morgan fingerprint density at radius 2 is 1.59 bits per heavy atom. The van der Waals surface area contributed by atoms with Gasteiger partial charge < -0.3 is 10.1 Å². The quantitative estimate of drug-likeness (QED) is 0.509. The maximum absolute atomic E-state index is 12.0. The average molecular weight is 398 g/mol. The van der Waals surface area contributed by atoms with E-state index in [1.54, 1.807) is 18.2 Å². The van der Waals surface area contributed by atoms with Gasteiger partial charge in [0.2, 0.25) is 5.91 Å². The summed E-state index contributed by atoms with van der Waals surface area (Å²) in [7, 11) is 0. The van der Waals surface area contributed by atoms with Crippen molar-refractivity contribution in [1.29, 1.82) is 0 Å². The number of rotatable bonds is 6. The first-order chi connectivity index (χ1) is 13.1. The zero-order chi connectivity index (χ0) is 19.1. The molecule has 3 nitrogen and oxygen atoms in total. The van der Waals surface area contributed by atoms with E-state index in [0.29, 0.717) is 16.6 Å². The van der Waals surface area contributed by atoms with Crippen molar-refractivity contribution in [3.8, 4) is 11.5 Å². The van der Waals surface area contributed by atoms with Gasteiger partial charge in [-0.1, -0.05) is 59.6 Å². The molecule has 0 aliphatic rings. The third-order valence-electron chi connectivity index (χ3n) is 3.74. The molecule has 0 aliphatic carbocycles. The third-order valence-corrected chi connectivity index (χ3v) is 4.48. The molecule has 27 heavy (non-hydrogen) atoms. The van der Waals surface area contributed by atoms with Gasteiger partial charge in [0.05, 0.1) is 10.0 Å². The van der Waals surface area contributed by atoms with Gasteiger partial charge in [-0.2, -0.15) is 0 Å². The summed E-state index contributed by atoms with van der Waals surface area (Å²) in [4.78, 5) is 12.0. The fourth-order valence-corrected chi connectivity index (χ4v) is 2.66. The molecule has 0 atom stereocenters. The van der Waals surface area contributed by atoms with Gasteiger partial charge in [-0.05, 0) is 53.6 Å². The molecular formula is C22H17Cl2NO2. The Morgan fingerprint density at radius 3 is 2.30 bits per heavy atom. The van der Waals surface area contributed by atoms with Crippen molar-refractivity contribution >= 4 is 35.2 Å². The Labute approximate surface area is 168 Å². The highest BCUT2D eigenvalue weighted by molar-refractivity contribution is 6.42. The number of benzene rings is 3. The van der Waals surface area contributed by atoms with Gasteiger partial charge in [0.25, 0.3) is 0 Å². The second kappa shape index (κ2) is 9.26. The van der Waals surface area contributed by atoms with E-state index >= 15 is 0 Å². The van der Waals surface area contributed by atoms with E-state index in [2.05, 4.69) is 5.32 Å². The molecule has 136 valence electrons. The monoisotopic (exact) mass is 397 g/mol. The van der Waals surface area contributed by atoms with Gasteiger partial charge in [0.15, 0.2) is 0 Å². The average Bonchev–Trinajstić information content (AvgIpc) is 2.69. The number of hydrogen-bond donors (Lipinski definition) is 1. The van der Waals surface area contributed by atoms with Crippen molar-refractivity contribution in [3.63, 3.8) is 0 Å². The number of amides is 1. The van der Waals surface area contributed by atoms with Crippen LogP contribution in [0.25, 0.3) is 6.08 Å². The SMILES string of the molecule is O=C(/C=C/c1ccc(Oc2ccccc2)cc1)NCc1ccc(Cl)c(Cl)c1. The number of nitrogens with one attached hydrogen (secondary N) is 1. The minimum absolute atomic E-state index is 0.189. The standard InChI is InChI=1S/C22H17Cl2NO2/c23-20-12-8-17(14-21(20)24)15-25-22(26)13-9-16-6-10-19(11-7-16)27-18-4-2-1-3-5-18/h1-14H,15H2,(H,25,26)/b13-9+. The summed E-state index contributed by atoms with van der Waals surface area (Å²) >= 11 is 11.8. The predicted octanol–water partition coefficient (Wildman–Crippen LogP) is 6.12. The number of ether oxygens (including phenoxy) is 1. The van der Waals surface area contributed by atoms with Crippen LogP contribution in [-0.4, -0.2) is 5.91 Å². The molecule has 3 aromatic carbocycles. The molecule has 1 N–H and O–H groups in total. The molecule has 0 radical (unpaired) electrons. The second-order valence-electron chi connectivity index (χ2n) is 5.78. The van der Waals surface area contributed by atoms with Crippen LogP contribution < -0.4 is 10.1 Å². The zero-order valence-electron chi connectivity index (χ0n) is 14.4. The van der Waals surface area contributed by atoms with Crippen molar-refractivity contribution < 1.29 is 9.53 Å². The van der Waals surface area contributed by atoms with Crippen LogP contribution >= 0.6 is 23.2 Å². The molecule has 3 rings (SSSR count). The maximum Gasteiger partial charge on any atom is 0.244 e. The van der Waals surface area contributed by atoms with E-state index in [1.807, 2.05) is 60.7 Å². The summed E-state index contributed by atoms with van der Waals surface area (Å²) in [6.45, 7) is 0.379. The van der Waals surface area contributed by atoms with Crippen molar-refractivity contribution in [3.05, 3.63) is 100 Å². The van der Waals surface area contributed by atoms with Crippen LogP contribution in [0.15, 0.2) is 78.9 Å². The highest BCUT2D eigenvalue weighted by Gasteiger charge is 2.01. The summed E-state index contributed by atoms with van der Waals surface area (Å²) < 4.78 is 5.74. The van der Waals surface area contributed by atoms with Crippen LogP contribution in [0, 0.1) is 0 Å². The van der Waals surface area contributed by atoms with Crippen molar-refractivity contribution in [2.24, 2.45) is 0 Å². The minimum atomic E-state index is -0.189. The van der Waals surface area contributed by atoms with Crippen LogP contribution in [0.4, 0.5) is 0 Å². The summed E-state index contributed by atoms with van der Waals surface area (Å²) in [5, 5.41) is 3.77. The Hall–Kier alpha value is -2.75. The largest absolute Gasteiger partial charge is 0.457 e. The lowest BCUT2D eigenvalue weighted by molar-refractivity contribution is -0.116. The van der Waals surface area contributed by atoms with Gasteiger partial charge in [-0.25, -0.2) is 0 Å². The summed E-state index contributed by atoms with van der Waals surface area (Å²) in [5.41, 5.74) is 1.79. The molecule has 5 heteroatoms. The van der Waals surface area contributed by atoms with Crippen LogP contribution in [0.1, 0.15) is 11.1 Å². The number of carbonyl (C=O) groups excluding carboxylic acids is 1. The van der Waals surface area contributed by atoms with Gasteiger partial charge in [0.1, 0.15) is 11.5 Å². The molecule has 0 saturated carbocycles. The van der Waals surface area contributed by atoms with Gasteiger partial charge in [-0.3, -0.25) is 4.79 Å². The first-order valence-corrected chi connectivity index (χ1v) is 9.08. The first-order valence-electron chi connectivity index (χ1n) is 8.33. The Balaban J connectivity index is 1.52. The normalized spacial score (nSPS) is 10.7. The summed E-state index contributed by atoms with van der Waals surface area (Å²) in [6, 6.07) is 22.3. The molecule has 0 saturated heterocycles. The maximum atomic E-state index is 12.0. The molecule has 3 aromatic rings. The van der Waals surface area contributed by atoms with Crippen LogP contribution in [0.3, 0.4) is 0 Å². The van der Waals surface area contributed by atoms with Gasteiger partial charge >= 0.3 is 0 Å². The highest BCUT2D eigenvalue weighted by Crippen LogP contribution is 2.23. The van der Waals surface area contributed by atoms with Crippen molar-refractivity contribution in [2.75, 3.05) is 0 Å². The molecule has 1 amide bonds. The Kier molecular flexibility index (Phi) is 6.53. The van der Waals surface area contributed by atoms with E-state index < -0.39 is 0 Å². The summed E-state index contributed by atoms with van der Waals surface area (Å²) in [5.74, 6) is 1.33. The van der Waals surface area contributed by atoms with E-state index in [9.17, 15) is 4.79 Å². The molecule has 0 fully saturated rings. The number of halogens is 2. The van der Waals surface area contributed by atoms with Gasteiger partial charge in [-0.15, -0.1) is 0 Å². The lowest BCUT2D eigenvalue weighted by Gasteiger charge is -2.05. The highest BCUT2D eigenvalue weighted by atomic mass is 35.5. The second-order valence-corrected chi connectivity index (χ2v) is 6.60. The van der Waals surface area contributed by atoms with Crippen molar-refractivity contribution in [2.45, 2.75) is 6.54 Å². The molecular weight excluding hydrogens is 381 g/mol. The number of para-hydroxylation sites is 1. The molecule has 0 spiro atoms. The van der Waals surface area contributed by atoms with E-state index in [0.717, 1.165) is 22.6 Å². The van der Waals surface area contributed by atoms with E-state index in [4.69, 9.17) is 27.9 Å². The molecule has 0 bridgehead atoms. The molecule has 0 aromatic heterocycles. The number of carbonyl (C=O) groups is 1. The smallest absolute Gasteiger partial charge is 0.244 e. The fourth-order valence-electron chi connectivity index (χ4n) is 2.34. The topological polar surface area (TPSA) is 38.3 Å². The number of hydrogen-bond acceptors (Lipinski definition) is 2. The predicted molar refractivity (Wildman–Crippen MR) is 110 cm³/mol. The minimum Gasteiger partial charge on any atom is -0.457 e. The zero-order valence-corrected chi connectivity index (χ0v) is 15.9. The Morgan fingerprint density at radius 1 is 0.889 bits per heavy atom. The fraction of sp³-hybridized carbons (Fsp3) is 0.0455. The molecule has 0 aliphatic heterocycles. The molecule has 0 heterocycles. The summed E-state index contributed by atoms with van der Waals surface area (Å²) in [6.07, 6.45) is 3.24. The van der Waals surface area contributed by atoms with Crippen LogP contribution in [-0.2, 0) is 11.3 Å². The van der Waals surface area contributed by atoms with Crippen molar-refractivity contribution in [1.82, 2.24) is 5.32 Å². The van der Waals surface area contributed by atoms with E-state index in [1.165, 1.54) is 6.08 Å². The van der Waals surface area contributed by atoms with E-state index in [-0.39, 0.29) is 5.91 Å². The lowest BCUT2D eigenvalue weighted by Crippen LogP contribution is -2.20. The van der Waals surface area contributed by atoms with Crippen LogP contribution in [0.2, 0.25) is 10.0 Å². The lowest BCUT2D eigenvalue weighted by atomic mass is 10.2.